The molecule has 6 atom stereocenters. The number of rotatable bonds is 12. The number of nitrogens with one attached hydrogen (secondary N) is 2. The number of carbonyl (C=O) groups excluding carboxylic acids is 1. The number of carboxylic acid groups (broad SMARTS) is 1. The molecule has 0 saturated carbocycles. The van der Waals surface area contributed by atoms with Gasteiger partial charge >= 0.3 is 5.97 Å². The molecule has 11 heteroatoms. The molecule has 1 aliphatic heterocycles. The molecule has 1 aromatic heterocycles. The Hall–Kier alpha value is -2.89. The zero-order valence-electron chi connectivity index (χ0n) is 19.6. The van der Waals surface area contributed by atoms with Crippen molar-refractivity contribution in [3.8, 4) is 0 Å². The van der Waals surface area contributed by atoms with E-state index in [4.69, 9.17) is 9.84 Å². The van der Waals surface area contributed by atoms with Crippen LogP contribution in [0.25, 0.3) is 0 Å². The summed E-state index contributed by atoms with van der Waals surface area (Å²) >= 11 is 1.40. The van der Waals surface area contributed by atoms with Crippen molar-refractivity contribution in [3.63, 3.8) is 0 Å². The van der Waals surface area contributed by atoms with Gasteiger partial charge in [-0.1, -0.05) is 38.5 Å². The van der Waals surface area contributed by atoms with Crippen LogP contribution in [0.4, 0.5) is 4.39 Å². The van der Waals surface area contributed by atoms with Crippen LogP contribution in [0.2, 0.25) is 0 Å². The highest BCUT2D eigenvalue weighted by atomic mass is 32.1. The van der Waals surface area contributed by atoms with Gasteiger partial charge in [0.25, 0.3) is 0 Å². The molecule has 1 unspecified atom stereocenters. The summed E-state index contributed by atoms with van der Waals surface area (Å²) in [6, 6.07) is 5.02. The Labute approximate surface area is 206 Å². The lowest BCUT2D eigenvalue weighted by atomic mass is 9.80. The molecule has 2 heterocycles. The summed E-state index contributed by atoms with van der Waals surface area (Å²) in [7, 11) is 0. The number of aliphatic carboxylic acids is 1. The van der Waals surface area contributed by atoms with Crippen LogP contribution in [0.1, 0.15) is 43.9 Å². The Kier molecular flexibility index (Phi) is 9.30. The number of ether oxygens (including phenoxy) is 1. The number of nitro groups is 1. The van der Waals surface area contributed by atoms with Crippen molar-refractivity contribution in [2.45, 2.75) is 57.5 Å². The molecule has 1 amide bonds. The van der Waals surface area contributed by atoms with Gasteiger partial charge in [0.2, 0.25) is 11.9 Å². The minimum absolute atomic E-state index is 0.0981. The Balaban J connectivity index is 1.96. The normalized spacial score (nSPS) is 23.5. The average molecular weight is 508 g/mol. The lowest BCUT2D eigenvalue weighted by molar-refractivity contribution is -0.535. The summed E-state index contributed by atoms with van der Waals surface area (Å²) in [6.07, 6.45) is -0.380. The molecule has 0 spiro atoms. The van der Waals surface area contributed by atoms with Crippen LogP contribution < -0.4 is 10.6 Å². The molecule has 2 aromatic rings. The van der Waals surface area contributed by atoms with Crippen LogP contribution in [0, 0.1) is 27.8 Å². The fraction of sp³-hybridized carbons (Fsp3) is 0.500. The number of hydrogen-bond acceptors (Lipinski definition) is 7. The molecule has 1 fully saturated rings. The van der Waals surface area contributed by atoms with Gasteiger partial charge in [-0.15, -0.1) is 0 Å². The number of benzene rings is 1. The SMILES string of the molecule is CC[C@H](C)C(OCc1ccccc1F)[C@H]1[C@H]([N+](=O)[O-])[C@H](c2ccsc2)N[C@@H]1C(=O)NCCC(=O)O. The van der Waals surface area contributed by atoms with Crippen LogP contribution in [0.3, 0.4) is 0 Å². The maximum atomic E-state index is 14.3. The summed E-state index contributed by atoms with van der Waals surface area (Å²) in [5, 5.41) is 30.6. The Morgan fingerprint density at radius 3 is 2.69 bits per heavy atom. The zero-order valence-corrected chi connectivity index (χ0v) is 20.4. The van der Waals surface area contributed by atoms with E-state index < -0.39 is 47.8 Å². The van der Waals surface area contributed by atoms with E-state index in [9.17, 15) is 24.1 Å². The van der Waals surface area contributed by atoms with Crippen LogP contribution in [-0.4, -0.2) is 46.6 Å². The van der Waals surface area contributed by atoms with Crippen molar-refractivity contribution in [1.82, 2.24) is 10.6 Å². The van der Waals surface area contributed by atoms with Gasteiger partial charge in [0.15, 0.2) is 0 Å². The Morgan fingerprint density at radius 1 is 1.34 bits per heavy atom. The van der Waals surface area contributed by atoms with Crippen molar-refractivity contribution >= 4 is 23.2 Å². The molecule has 3 rings (SSSR count). The highest BCUT2D eigenvalue weighted by molar-refractivity contribution is 7.08. The van der Waals surface area contributed by atoms with Gasteiger partial charge in [0, 0.05) is 17.0 Å². The molecule has 35 heavy (non-hydrogen) atoms. The van der Waals surface area contributed by atoms with E-state index in [1.54, 1.807) is 29.6 Å². The number of thiophene rings is 1. The number of carboxylic acids is 1. The lowest BCUT2D eigenvalue weighted by Gasteiger charge is -2.32. The molecule has 1 saturated heterocycles. The molecule has 0 bridgehead atoms. The van der Waals surface area contributed by atoms with Gasteiger partial charge in [-0.25, -0.2) is 4.39 Å². The molecular formula is C24H30FN3O6S. The zero-order chi connectivity index (χ0) is 25.5. The van der Waals surface area contributed by atoms with Gasteiger partial charge in [-0.05, 0) is 34.4 Å². The summed E-state index contributed by atoms with van der Waals surface area (Å²) < 4.78 is 20.4. The van der Waals surface area contributed by atoms with Crippen LogP contribution >= 0.6 is 11.3 Å². The summed E-state index contributed by atoms with van der Waals surface area (Å²) in [4.78, 5) is 36.0. The first kappa shape index (κ1) is 26.7. The van der Waals surface area contributed by atoms with Crippen molar-refractivity contribution in [2.24, 2.45) is 11.8 Å². The minimum atomic E-state index is -1.18. The van der Waals surface area contributed by atoms with Crippen LogP contribution in [0.15, 0.2) is 41.1 Å². The van der Waals surface area contributed by atoms with Crippen molar-refractivity contribution in [3.05, 3.63) is 68.2 Å². The Bertz CT molecular complexity index is 1020. The number of nitrogens with zero attached hydrogens (tertiary/aromatic N) is 1. The third kappa shape index (κ3) is 6.41. The second-order valence-electron chi connectivity index (χ2n) is 8.72. The topological polar surface area (TPSA) is 131 Å². The van der Waals surface area contributed by atoms with Crippen LogP contribution in [-0.2, 0) is 20.9 Å². The van der Waals surface area contributed by atoms with Gasteiger partial charge in [-0.2, -0.15) is 11.3 Å². The van der Waals surface area contributed by atoms with E-state index in [-0.39, 0.29) is 30.4 Å². The van der Waals surface area contributed by atoms with Crippen molar-refractivity contribution < 1.29 is 28.7 Å². The average Bonchev–Trinajstić information content (AvgIpc) is 3.48. The van der Waals surface area contributed by atoms with Gasteiger partial charge < -0.3 is 15.2 Å². The first-order valence-corrected chi connectivity index (χ1v) is 12.4. The number of carbonyl (C=O) groups is 2. The third-order valence-corrected chi connectivity index (χ3v) is 7.22. The Morgan fingerprint density at radius 2 is 2.09 bits per heavy atom. The number of halogens is 1. The summed E-state index contributed by atoms with van der Waals surface area (Å²) in [6.45, 7) is 3.61. The molecule has 0 aliphatic carbocycles. The molecule has 1 aliphatic rings. The molecule has 190 valence electrons. The molecule has 3 N–H and O–H groups in total. The van der Waals surface area contributed by atoms with Crippen LogP contribution in [0.5, 0.6) is 0 Å². The van der Waals surface area contributed by atoms with Gasteiger partial charge in [0.1, 0.15) is 11.9 Å². The number of amides is 1. The minimum Gasteiger partial charge on any atom is -0.481 e. The van der Waals surface area contributed by atoms with E-state index in [2.05, 4.69) is 10.6 Å². The van der Waals surface area contributed by atoms with E-state index in [1.165, 1.54) is 17.4 Å². The largest absolute Gasteiger partial charge is 0.481 e. The lowest BCUT2D eigenvalue weighted by Crippen LogP contribution is -2.51. The van der Waals surface area contributed by atoms with Gasteiger partial charge in [0.05, 0.1) is 31.1 Å². The second kappa shape index (κ2) is 12.2. The standard InChI is InChI=1S/C24H30FN3O6S/c1-3-14(2)23(34-12-15-6-4-5-7-17(15)25)19-21(24(31)26-10-8-18(29)30)27-20(22(19)28(32)33)16-9-11-35-13-16/h4-7,9,11,13-14,19-23,27H,3,8,10,12H2,1-2H3,(H,26,31)(H,29,30)/t14-,19+,20-,21-,22-,23?/m0/s1. The predicted molar refractivity (Wildman–Crippen MR) is 128 cm³/mol. The van der Waals surface area contributed by atoms with E-state index in [1.807, 2.05) is 19.2 Å². The molecule has 0 radical (unpaired) electrons. The molecular weight excluding hydrogens is 477 g/mol. The third-order valence-electron chi connectivity index (χ3n) is 6.52. The summed E-state index contributed by atoms with van der Waals surface area (Å²) in [5.74, 6) is -3.08. The first-order valence-electron chi connectivity index (χ1n) is 11.5. The van der Waals surface area contributed by atoms with Crippen molar-refractivity contribution in [2.75, 3.05) is 6.54 Å². The molecule has 9 nitrogen and oxygen atoms in total. The van der Waals surface area contributed by atoms with E-state index in [0.717, 1.165) is 0 Å². The maximum absolute atomic E-state index is 14.3. The fourth-order valence-corrected chi connectivity index (χ4v) is 5.25. The highest BCUT2D eigenvalue weighted by Gasteiger charge is 2.57. The fourth-order valence-electron chi connectivity index (χ4n) is 4.56. The summed E-state index contributed by atoms with van der Waals surface area (Å²) in [5.41, 5.74) is 1.01. The van der Waals surface area contributed by atoms with E-state index in [0.29, 0.717) is 17.5 Å². The smallest absolute Gasteiger partial charge is 0.305 e. The predicted octanol–water partition coefficient (Wildman–Crippen LogP) is 3.38. The second-order valence-corrected chi connectivity index (χ2v) is 9.50. The highest BCUT2D eigenvalue weighted by Crippen LogP contribution is 2.40. The molecule has 1 aromatic carbocycles. The number of hydrogen-bond donors (Lipinski definition) is 3. The monoisotopic (exact) mass is 507 g/mol. The van der Waals surface area contributed by atoms with Gasteiger partial charge in [-0.3, -0.25) is 25.0 Å². The maximum Gasteiger partial charge on any atom is 0.305 e. The van der Waals surface area contributed by atoms with Crippen molar-refractivity contribution in [1.29, 1.82) is 0 Å². The van der Waals surface area contributed by atoms with E-state index >= 15 is 0 Å². The first-order chi connectivity index (χ1) is 16.7. The quantitative estimate of drug-likeness (QED) is 0.296.